The fraction of sp³-hybridized carbons (Fsp3) is 0.889. The SMILES string of the molecule is CN=C(NCC(C1CC1)N(C)C)N1CC(=O)N(C(C)C)C(C)(C)C1. The lowest BCUT2D eigenvalue weighted by Crippen LogP contribution is -2.66. The van der Waals surface area contributed by atoms with E-state index in [9.17, 15) is 4.79 Å². The molecule has 1 amide bonds. The summed E-state index contributed by atoms with van der Waals surface area (Å²) in [6.45, 7) is 10.5. The highest BCUT2D eigenvalue weighted by atomic mass is 16.2. The Bertz CT molecular complexity index is 480. The molecule has 24 heavy (non-hydrogen) atoms. The molecule has 2 aliphatic rings. The van der Waals surface area contributed by atoms with Gasteiger partial charge < -0.3 is 20.0 Å². The van der Waals surface area contributed by atoms with Crippen molar-refractivity contribution in [1.82, 2.24) is 20.0 Å². The number of rotatable bonds is 5. The predicted octanol–water partition coefficient (Wildman–Crippen LogP) is 1.23. The zero-order valence-corrected chi connectivity index (χ0v) is 16.5. The largest absolute Gasteiger partial charge is 0.355 e. The average molecular weight is 338 g/mol. The first-order chi connectivity index (χ1) is 11.2. The molecule has 1 saturated heterocycles. The maximum Gasteiger partial charge on any atom is 0.242 e. The number of guanidine groups is 1. The normalized spacial score (nSPS) is 23.2. The van der Waals surface area contributed by atoms with Crippen LogP contribution in [0.25, 0.3) is 0 Å². The van der Waals surface area contributed by atoms with E-state index >= 15 is 0 Å². The quantitative estimate of drug-likeness (QED) is 0.606. The molecule has 0 aromatic carbocycles. The second-order valence-corrected chi connectivity index (χ2v) is 8.32. The molecule has 0 aromatic rings. The minimum Gasteiger partial charge on any atom is -0.355 e. The highest BCUT2D eigenvalue weighted by molar-refractivity contribution is 5.88. The van der Waals surface area contributed by atoms with Gasteiger partial charge in [-0.3, -0.25) is 9.79 Å². The van der Waals surface area contributed by atoms with Crippen molar-refractivity contribution in [2.75, 3.05) is 40.8 Å². The van der Waals surface area contributed by atoms with E-state index in [4.69, 9.17) is 0 Å². The molecule has 1 unspecified atom stereocenters. The Morgan fingerprint density at radius 3 is 2.42 bits per heavy atom. The number of nitrogens with one attached hydrogen (secondary N) is 1. The van der Waals surface area contributed by atoms with Crippen molar-refractivity contribution in [1.29, 1.82) is 0 Å². The maximum atomic E-state index is 12.6. The van der Waals surface area contributed by atoms with Gasteiger partial charge in [-0.25, -0.2) is 0 Å². The molecule has 1 aliphatic carbocycles. The molecule has 6 heteroatoms. The Kier molecular flexibility index (Phi) is 5.78. The second kappa shape index (κ2) is 7.30. The van der Waals surface area contributed by atoms with Crippen LogP contribution in [0.4, 0.5) is 0 Å². The molecule has 138 valence electrons. The fourth-order valence-corrected chi connectivity index (χ4v) is 4.09. The summed E-state index contributed by atoms with van der Waals surface area (Å²) in [7, 11) is 6.08. The lowest BCUT2D eigenvalue weighted by molar-refractivity contribution is -0.145. The van der Waals surface area contributed by atoms with Gasteiger partial charge in [-0.2, -0.15) is 0 Å². The van der Waals surface area contributed by atoms with Crippen LogP contribution in [-0.2, 0) is 4.79 Å². The van der Waals surface area contributed by atoms with Gasteiger partial charge in [-0.05, 0) is 60.5 Å². The highest BCUT2D eigenvalue weighted by Gasteiger charge is 2.41. The van der Waals surface area contributed by atoms with Gasteiger partial charge in [0, 0.05) is 32.2 Å². The van der Waals surface area contributed by atoms with Crippen LogP contribution in [0.15, 0.2) is 4.99 Å². The minimum atomic E-state index is -0.196. The third kappa shape index (κ3) is 4.21. The zero-order chi connectivity index (χ0) is 18.1. The van der Waals surface area contributed by atoms with Gasteiger partial charge in [-0.1, -0.05) is 0 Å². The van der Waals surface area contributed by atoms with Gasteiger partial charge >= 0.3 is 0 Å². The minimum absolute atomic E-state index is 0.176. The molecule has 6 nitrogen and oxygen atoms in total. The van der Waals surface area contributed by atoms with Crippen molar-refractivity contribution in [2.24, 2.45) is 10.9 Å². The molecule has 0 spiro atoms. The van der Waals surface area contributed by atoms with Crippen molar-refractivity contribution in [3.8, 4) is 0 Å². The van der Waals surface area contributed by atoms with Crippen LogP contribution >= 0.6 is 0 Å². The Labute approximate surface area is 147 Å². The number of hydrogen-bond donors (Lipinski definition) is 1. The van der Waals surface area contributed by atoms with E-state index in [-0.39, 0.29) is 17.5 Å². The third-order valence-corrected chi connectivity index (χ3v) is 5.15. The summed E-state index contributed by atoms with van der Waals surface area (Å²) in [4.78, 5) is 23.5. The van der Waals surface area contributed by atoms with Crippen molar-refractivity contribution in [3.05, 3.63) is 0 Å². The van der Waals surface area contributed by atoms with E-state index in [0.717, 1.165) is 25.0 Å². The van der Waals surface area contributed by atoms with Crippen molar-refractivity contribution in [2.45, 2.75) is 58.2 Å². The van der Waals surface area contributed by atoms with Gasteiger partial charge in [0.1, 0.15) is 0 Å². The fourth-order valence-electron chi connectivity index (χ4n) is 4.09. The van der Waals surface area contributed by atoms with Crippen LogP contribution in [0.3, 0.4) is 0 Å². The van der Waals surface area contributed by atoms with Gasteiger partial charge in [0.25, 0.3) is 0 Å². The molecule has 1 N–H and O–H groups in total. The van der Waals surface area contributed by atoms with Crippen molar-refractivity contribution >= 4 is 11.9 Å². The zero-order valence-electron chi connectivity index (χ0n) is 16.5. The molecular formula is C18H35N5O. The molecule has 0 radical (unpaired) electrons. The van der Waals surface area contributed by atoms with E-state index < -0.39 is 0 Å². The Morgan fingerprint density at radius 2 is 2.00 bits per heavy atom. The van der Waals surface area contributed by atoms with Gasteiger partial charge in [0.2, 0.25) is 5.91 Å². The lowest BCUT2D eigenvalue weighted by Gasteiger charge is -2.49. The molecule has 0 bridgehead atoms. The first-order valence-electron chi connectivity index (χ1n) is 9.11. The van der Waals surface area contributed by atoms with Crippen LogP contribution in [0.1, 0.15) is 40.5 Å². The molecule has 1 heterocycles. The molecule has 2 fully saturated rings. The summed E-state index contributed by atoms with van der Waals surface area (Å²) < 4.78 is 0. The number of carbonyl (C=O) groups excluding carboxylic acids is 1. The maximum absolute atomic E-state index is 12.6. The number of amides is 1. The summed E-state index contributed by atoms with van der Waals surface area (Å²) >= 11 is 0. The van der Waals surface area contributed by atoms with Crippen molar-refractivity contribution in [3.63, 3.8) is 0 Å². The van der Waals surface area contributed by atoms with Crippen molar-refractivity contribution < 1.29 is 4.79 Å². The number of hydrogen-bond acceptors (Lipinski definition) is 3. The van der Waals surface area contributed by atoms with E-state index in [1.807, 2.05) is 4.90 Å². The summed E-state index contributed by atoms with van der Waals surface area (Å²) in [5.74, 6) is 1.81. The first-order valence-corrected chi connectivity index (χ1v) is 9.11. The number of carbonyl (C=O) groups is 1. The molecule has 1 saturated carbocycles. The van der Waals surface area contributed by atoms with Gasteiger partial charge in [0.05, 0.1) is 12.1 Å². The van der Waals surface area contributed by atoms with Gasteiger partial charge in [-0.15, -0.1) is 0 Å². The molecule has 2 rings (SSSR count). The number of likely N-dealkylation sites (N-methyl/N-ethyl adjacent to an activating group) is 1. The van der Waals surface area contributed by atoms with Gasteiger partial charge in [0.15, 0.2) is 5.96 Å². The molecule has 0 aromatic heterocycles. The van der Waals surface area contributed by atoms with Crippen LogP contribution in [-0.4, -0.2) is 85.0 Å². The van der Waals surface area contributed by atoms with Crippen LogP contribution in [0.2, 0.25) is 0 Å². The average Bonchev–Trinajstić information content (AvgIpc) is 3.25. The summed E-state index contributed by atoms with van der Waals surface area (Å²) in [6.07, 6.45) is 2.64. The van der Waals surface area contributed by atoms with Crippen LogP contribution < -0.4 is 5.32 Å². The number of nitrogens with zero attached hydrogens (tertiary/aromatic N) is 4. The summed E-state index contributed by atoms with van der Waals surface area (Å²) in [6, 6.07) is 0.750. The number of aliphatic imine (C=N–C) groups is 1. The molecule has 1 aliphatic heterocycles. The highest BCUT2D eigenvalue weighted by Crippen LogP contribution is 2.34. The van der Waals surface area contributed by atoms with E-state index in [1.165, 1.54) is 12.8 Å². The monoisotopic (exact) mass is 337 g/mol. The first kappa shape index (κ1) is 19.0. The topological polar surface area (TPSA) is 51.2 Å². The standard InChI is InChI=1S/C18H35N5O/c1-13(2)23-16(24)11-22(12-18(23,3)4)17(19-5)20-10-15(21(6)7)14-8-9-14/h13-15H,8-12H2,1-7H3,(H,19,20). The Morgan fingerprint density at radius 1 is 1.38 bits per heavy atom. The van der Waals surface area contributed by atoms with Crippen LogP contribution in [0, 0.1) is 5.92 Å². The lowest BCUT2D eigenvalue weighted by atomic mass is 9.96. The second-order valence-electron chi connectivity index (χ2n) is 8.32. The van der Waals surface area contributed by atoms with E-state index in [0.29, 0.717) is 12.6 Å². The Balaban J connectivity index is 2.02. The smallest absolute Gasteiger partial charge is 0.242 e. The predicted molar refractivity (Wildman–Crippen MR) is 99.2 cm³/mol. The summed E-state index contributed by atoms with van der Waals surface area (Å²) in [5.41, 5.74) is -0.196. The van der Waals surface area contributed by atoms with E-state index in [1.54, 1.807) is 7.05 Å². The molecule has 1 atom stereocenters. The summed E-state index contributed by atoms with van der Waals surface area (Å²) in [5, 5.41) is 3.51. The number of piperazine rings is 1. The Hall–Kier alpha value is -1.30. The van der Waals surface area contributed by atoms with Crippen LogP contribution in [0.5, 0.6) is 0 Å². The molecular weight excluding hydrogens is 302 g/mol. The third-order valence-electron chi connectivity index (χ3n) is 5.15. The van der Waals surface area contributed by atoms with E-state index in [2.05, 4.69) is 61.9 Å².